The Morgan fingerprint density at radius 2 is 1.89 bits per heavy atom. The highest BCUT2D eigenvalue weighted by Crippen LogP contribution is 2.39. The molecule has 3 unspecified atom stereocenters. The molecule has 0 saturated carbocycles. The van der Waals surface area contributed by atoms with Crippen molar-refractivity contribution < 1.29 is 4.79 Å². The molecule has 0 aliphatic rings. The van der Waals surface area contributed by atoms with E-state index in [1.165, 1.54) is 25.7 Å². The third kappa shape index (κ3) is 6.13. The molecule has 0 radical (unpaired) electrons. The average Bonchev–Trinajstić information content (AvgIpc) is 2.40. The summed E-state index contributed by atoms with van der Waals surface area (Å²) in [4.78, 5) is 10.4. The van der Waals surface area contributed by atoms with E-state index >= 15 is 0 Å². The molecule has 0 amide bonds. The predicted molar refractivity (Wildman–Crippen MR) is 83.5 cm³/mol. The zero-order chi connectivity index (χ0) is 14.9. The van der Waals surface area contributed by atoms with Crippen molar-refractivity contribution in [3.8, 4) is 12.3 Å². The van der Waals surface area contributed by atoms with Gasteiger partial charge >= 0.3 is 0 Å². The number of hydrogen-bond acceptors (Lipinski definition) is 1. The fraction of sp³-hybridized carbons (Fsp3) is 0.778. The summed E-state index contributed by atoms with van der Waals surface area (Å²) in [5, 5.41) is 0. The number of rotatable bonds is 9. The standard InChI is InChI=1S/C18H30O/c1-7-9-10-13-17(15(3)12-11-14-19)16(4)18(5,6)8-2/h2,11,15-17H,7,9-10,12-13H2,1,3-6H3. The van der Waals surface area contributed by atoms with Gasteiger partial charge in [0.05, 0.1) is 0 Å². The molecule has 108 valence electrons. The molecular weight excluding hydrogens is 232 g/mol. The van der Waals surface area contributed by atoms with Crippen LogP contribution in [0.4, 0.5) is 0 Å². The second kappa shape index (κ2) is 9.00. The number of unbranched alkanes of at least 4 members (excludes halogenated alkanes) is 2. The van der Waals surface area contributed by atoms with Crippen molar-refractivity contribution in [1.29, 1.82) is 0 Å². The summed E-state index contributed by atoms with van der Waals surface area (Å²) in [7, 11) is 0. The molecule has 0 rings (SSSR count). The Kier molecular flexibility index (Phi) is 8.53. The van der Waals surface area contributed by atoms with Gasteiger partial charge in [0.15, 0.2) is 0 Å². The van der Waals surface area contributed by atoms with Crippen LogP contribution in [0.5, 0.6) is 0 Å². The van der Waals surface area contributed by atoms with Crippen LogP contribution in [0.15, 0.2) is 6.08 Å². The van der Waals surface area contributed by atoms with Crippen molar-refractivity contribution in [1.82, 2.24) is 0 Å². The van der Waals surface area contributed by atoms with Gasteiger partial charge in [0.1, 0.15) is 5.94 Å². The van der Waals surface area contributed by atoms with Crippen LogP contribution in [0.2, 0.25) is 0 Å². The van der Waals surface area contributed by atoms with Crippen molar-refractivity contribution in [2.24, 2.45) is 23.2 Å². The molecule has 0 bridgehead atoms. The van der Waals surface area contributed by atoms with E-state index in [0.717, 1.165) is 6.42 Å². The molecule has 0 aliphatic carbocycles. The molecule has 1 heteroatoms. The van der Waals surface area contributed by atoms with Gasteiger partial charge in [-0.3, -0.25) is 0 Å². The number of allylic oxidation sites excluding steroid dienone is 1. The minimum Gasteiger partial charge on any atom is -0.234 e. The fourth-order valence-electron chi connectivity index (χ4n) is 2.73. The van der Waals surface area contributed by atoms with E-state index in [2.05, 4.69) is 40.5 Å². The van der Waals surface area contributed by atoms with Gasteiger partial charge in [0, 0.05) is 11.5 Å². The molecule has 0 N–H and O–H groups in total. The van der Waals surface area contributed by atoms with Crippen LogP contribution in [-0.2, 0) is 4.79 Å². The van der Waals surface area contributed by atoms with E-state index in [1.54, 1.807) is 6.08 Å². The summed E-state index contributed by atoms with van der Waals surface area (Å²) in [6.07, 6.45) is 13.1. The predicted octanol–water partition coefficient (Wildman–Crippen LogP) is 4.89. The highest BCUT2D eigenvalue weighted by Gasteiger charge is 2.32. The topological polar surface area (TPSA) is 17.1 Å². The minimum atomic E-state index is -0.0873. The van der Waals surface area contributed by atoms with Crippen molar-refractivity contribution >= 4 is 5.94 Å². The van der Waals surface area contributed by atoms with E-state index < -0.39 is 0 Å². The molecule has 0 heterocycles. The van der Waals surface area contributed by atoms with E-state index in [1.807, 2.05) is 5.94 Å². The van der Waals surface area contributed by atoms with Gasteiger partial charge in [-0.1, -0.05) is 40.0 Å². The highest BCUT2D eigenvalue weighted by molar-refractivity contribution is 5.44. The van der Waals surface area contributed by atoms with Gasteiger partial charge in [-0.15, -0.1) is 12.3 Å². The molecule has 19 heavy (non-hydrogen) atoms. The molecule has 0 spiro atoms. The maximum absolute atomic E-state index is 10.4. The Hall–Kier alpha value is -0.990. The first-order valence-corrected chi connectivity index (χ1v) is 7.57. The Bertz CT molecular complexity index is 328. The van der Waals surface area contributed by atoms with Crippen LogP contribution in [0, 0.1) is 35.5 Å². The molecule has 0 aromatic heterocycles. The van der Waals surface area contributed by atoms with E-state index in [-0.39, 0.29) is 5.41 Å². The Balaban J connectivity index is 4.83. The second-order valence-corrected chi connectivity index (χ2v) is 6.35. The lowest BCUT2D eigenvalue weighted by Crippen LogP contribution is -2.31. The molecule has 0 aliphatic heterocycles. The summed E-state index contributed by atoms with van der Waals surface area (Å²) < 4.78 is 0. The van der Waals surface area contributed by atoms with Crippen LogP contribution in [-0.4, -0.2) is 5.94 Å². The zero-order valence-electron chi connectivity index (χ0n) is 13.3. The molecule has 0 saturated heterocycles. The zero-order valence-corrected chi connectivity index (χ0v) is 13.3. The first-order valence-electron chi connectivity index (χ1n) is 7.57. The maximum atomic E-state index is 10.4. The molecule has 0 aromatic rings. The summed E-state index contributed by atoms with van der Waals surface area (Å²) in [6.45, 7) is 11.0. The summed E-state index contributed by atoms with van der Waals surface area (Å²) in [5.41, 5.74) is -0.0873. The summed E-state index contributed by atoms with van der Waals surface area (Å²) in [5.74, 6) is 6.35. The lowest BCUT2D eigenvalue weighted by Gasteiger charge is -2.37. The maximum Gasteiger partial charge on any atom is 0.120 e. The van der Waals surface area contributed by atoms with Gasteiger partial charge in [-0.2, -0.15) is 0 Å². The van der Waals surface area contributed by atoms with Gasteiger partial charge in [-0.25, -0.2) is 4.79 Å². The van der Waals surface area contributed by atoms with E-state index in [0.29, 0.717) is 17.8 Å². The number of hydrogen-bond donors (Lipinski definition) is 0. The van der Waals surface area contributed by atoms with Crippen LogP contribution >= 0.6 is 0 Å². The van der Waals surface area contributed by atoms with Gasteiger partial charge < -0.3 is 0 Å². The van der Waals surface area contributed by atoms with Crippen LogP contribution < -0.4 is 0 Å². The molecule has 0 aromatic carbocycles. The van der Waals surface area contributed by atoms with Crippen LogP contribution in [0.3, 0.4) is 0 Å². The molecule has 1 nitrogen and oxygen atoms in total. The fourth-order valence-corrected chi connectivity index (χ4v) is 2.73. The molecule has 0 fully saturated rings. The van der Waals surface area contributed by atoms with Crippen molar-refractivity contribution in [2.75, 3.05) is 0 Å². The van der Waals surface area contributed by atoms with Crippen molar-refractivity contribution in [2.45, 2.75) is 66.7 Å². The lowest BCUT2D eigenvalue weighted by atomic mass is 9.67. The van der Waals surface area contributed by atoms with E-state index in [9.17, 15) is 4.79 Å². The average molecular weight is 262 g/mol. The first kappa shape index (κ1) is 18.0. The smallest absolute Gasteiger partial charge is 0.120 e. The normalized spacial score (nSPS) is 16.0. The second-order valence-electron chi connectivity index (χ2n) is 6.35. The van der Waals surface area contributed by atoms with Crippen molar-refractivity contribution in [3.05, 3.63) is 6.08 Å². The van der Waals surface area contributed by atoms with Crippen molar-refractivity contribution in [3.63, 3.8) is 0 Å². The third-order valence-electron chi connectivity index (χ3n) is 4.60. The quantitative estimate of drug-likeness (QED) is 0.328. The van der Waals surface area contributed by atoms with Crippen LogP contribution in [0.25, 0.3) is 0 Å². The highest BCUT2D eigenvalue weighted by atomic mass is 16.1. The Morgan fingerprint density at radius 1 is 1.26 bits per heavy atom. The van der Waals surface area contributed by atoms with Gasteiger partial charge in [0.2, 0.25) is 0 Å². The van der Waals surface area contributed by atoms with Gasteiger partial charge in [0.25, 0.3) is 0 Å². The Morgan fingerprint density at radius 3 is 2.37 bits per heavy atom. The first-order chi connectivity index (χ1) is 8.90. The Labute approximate surface area is 119 Å². The largest absolute Gasteiger partial charge is 0.234 e. The minimum absolute atomic E-state index is 0.0873. The monoisotopic (exact) mass is 262 g/mol. The third-order valence-corrected chi connectivity index (χ3v) is 4.60. The molecule has 3 atom stereocenters. The van der Waals surface area contributed by atoms with E-state index in [4.69, 9.17) is 6.42 Å². The number of terminal acetylenes is 1. The number of carbonyl (C=O) groups excluding carboxylic acids is 1. The molecular formula is C18H30O. The SMILES string of the molecule is C#CC(C)(C)C(C)C(CCCCC)C(C)CC=C=O. The lowest BCUT2D eigenvalue weighted by molar-refractivity contribution is 0.150. The summed E-state index contributed by atoms with van der Waals surface area (Å²) >= 11 is 0. The van der Waals surface area contributed by atoms with Gasteiger partial charge in [-0.05, 0) is 44.4 Å². The summed E-state index contributed by atoms with van der Waals surface area (Å²) in [6, 6.07) is 0. The van der Waals surface area contributed by atoms with Crippen LogP contribution in [0.1, 0.15) is 66.7 Å².